The number of fused-ring (bicyclic) bond motifs is 1. The van der Waals surface area contributed by atoms with Gasteiger partial charge in [0.1, 0.15) is 17.9 Å². The Morgan fingerprint density at radius 3 is 2.71 bits per heavy atom. The molecule has 3 fully saturated rings. The predicted molar refractivity (Wildman–Crippen MR) is 102 cm³/mol. The zero-order valence-electron chi connectivity index (χ0n) is 16.5. The van der Waals surface area contributed by atoms with Crippen LogP contribution in [0.4, 0.5) is 4.79 Å². The van der Waals surface area contributed by atoms with E-state index < -0.39 is 11.2 Å². The van der Waals surface area contributed by atoms with Crippen LogP contribution in [0.5, 0.6) is 0 Å². The normalized spacial score (nSPS) is 25.6. The van der Waals surface area contributed by atoms with Crippen LogP contribution in [0.25, 0.3) is 0 Å². The number of nitrogens with zero attached hydrogens (tertiary/aromatic N) is 2. The van der Waals surface area contributed by atoms with Crippen molar-refractivity contribution < 1.29 is 18.7 Å². The minimum atomic E-state index is -0.565. The molecule has 0 aromatic carbocycles. The van der Waals surface area contributed by atoms with Crippen molar-refractivity contribution in [1.29, 1.82) is 0 Å². The number of hydrogen-bond acceptors (Lipinski definition) is 6. The van der Waals surface area contributed by atoms with E-state index in [1.54, 1.807) is 16.7 Å². The molecule has 0 bridgehead atoms. The molecule has 0 spiro atoms. The molecule has 1 aromatic heterocycles. The summed E-state index contributed by atoms with van der Waals surface area (Å²) in [5.74, 6) is 0.561. The maximum atomic E-state index is 13.2. The molecule has 3 saturated heterocycles. The Kier molecular flexibility index (Phi) is 4.91. The van der Waals surface area contributed by atoms with Crippen LogP contribution in [0, 0.1) is 6.92 Å². The number of nitrogens with one attached hydrogen (secondary N) is 1. The van der Waals surface area contributed by atoms with Crippen LogP contribution >= 0.6 is 0 Å². The van der Waals surface area contributed by atoms with Crippen LogP contribution < -0.4 is 10.9 Å². The number of carbonyl (C=O) groups excluding carboxylic acids is 2. The lowest BCUT2D eigenvalue weighted by atomic mass is 9.92. The summed E-state index contributed by atoms with van der Waals surface area (Å²) < 4.78 is 10.8. The van der Waals surface area contributed by atoms with Gasteiger partial charge in [0.2, 0.25) is 0 Å². The van der Waals surface area contributed by atoms with Crippen molar-refractivity contribution in [1.82, 2.24) is 15.1 Å². The molecule has 1 aromatic rings. The molecular formula is C20H27N3O5. The molecular weight excluding hydrogens is 362 g/mol. The molecule has 1 atom stereocenters. The molecule has 4 heterocycles. The van der Waals surface area contributed by atoms with Crippen molar-refractivity contribution in [2.24, 2.45) is 0 Å². The second kappa shape index (κ2) is 7.24. The quantitative estimate of drug-likeness (QED) is 0.842. The first-order valence-corrected chi connectivity index (χ1v) is 10.0. The van der Waals surface area contributed by atoms with Gasteiger partial charge in [-0.25, -0.2) is 9.59 Å². The Bertz CT molecular complexity index is 845. The summed E-state index contributed by atoms with van der Waals surface area (Å²) in [6.07, 6.45) is 2.20. The number of ether oxygens (including phenoxy) is 1. The van der Waals surface area contributed by atoms with Crippen molar-refractivity contribution in [2.75, 3.05) is 39.3 Å². The number of cyclic esters (lactones) is 1. The Morgan fingerprint density at radius 2 is 2.04 bits per heavy atom. The van der Waals surface area contributed by atoms with Gasteiger partial charge >= 0.3 is 11.7 Å². The summed E-state index contributed by atoms with van der Waals surface area (Å²) in [6, 6.07) is 1.85. The fraction of sp³-hybridized carbons (Fsp3) is 0.650. The van der Waals surface area contributed by atoms with Crippen LogP contribution in [-0.4, -0.2) is 66.7 Å². The van der Waals surface area contributed by atoms with Crippen LogP contribution in [0.1, 0.15) is 53.8 Å². The molecule has 0 saturated carbocycles. The van der Waals surface area contributed by atoms with E-state index in [2.05, 4.69) is 5.32 Å². The van der Waals surface area contributed by atoms with Gasteiger partial charge in [-0.1, -0.05) is 6.92 Å². The van der Waals surface area contributed by atoms with Gasteiger partial charge in [-0.2, -0.15) is 0 Å². The number of piperazine rings is 1. The predicted octanol–water partition coefficient (Wildman–Crippen LogP) is 1.47. The average Bonchev–Trinajstić information content (AvgIpc) is 3.04. The lowest BCUT2D eigenvalue weighted by Crippen LogP contribution is -2.62. The van der Waals surface area contributed by atoms with Crippen molar-refractivity contribution in [3.8, 4) is 0 Å². The SMILES string of the molecule is CCC12COC(=O)N1CCN(C(=O)c1c(C)cc(C3CCNCC3)oc1=O)C2. The summed E-state index contributed by atoms with van der Waals surface area (Å²) in [7, 11) is 0. The molecule has 0 radical (unpaired) electrons. The number of aryl methyl sites for hydroxylation is 1. The molecule has 3 aliphatic heterocycles. The van der Waals surface area contributed by atoms with E-state index in [0.29, 0.717) is 37.4 Å². The number of amides is 2. The molecule has 0 aliphatic carbocycles. The number of piperidine rings is 1. The zero-order chi connectivity index (χ0) is 19.9. The summed E-state index contributed by atoms with van der Waals surface area (Å²) in [5.41, 5.74) is -0.317. The minimum absolute atomic E-state index is 0.0997. The van der Waals surface area contributed by atoms with Crippen molar-refractivity contribution >= 4 is 12.0 Å². The highest BCUT2D eigenvalue weighted by atomic mass is 16.6. The second-order valence-corrected chi connectivity index (χ2v) is 8.03. The Balaban J connectivity index is 1.58. The summed E-state index contributed by atoms with van der Waals surface area (Å²) in [6.45, 7) is 7.01. The molecule has 8 heteroatoms. The number of carbonyl (C=O) groups is 2. The van der Waals surface area contributed by atoms with E-state index in [1.807, 2.05) is 13.0 Å². The first kappa shape index (κ1) is 19.0. The fourth-order valence-corrected chi connectivity index (χ4v) is 4.59. The lowest BCUT2D eigenvalue weighted by Gasteiger charge is -2.44. The van der Waals surface area contributed by atoms with Gasteiger partial charge in [0.25, 0.3) is 5.91 Å². The molecule has 28 heavy (non-hydrogen) atoms. The Hall–Kier alpha value is -2.35. The zero-order valence-corrected chi connectivity index (χ0v) is 16.5. The summed E-state index contributed by atoms with van der Waals surface area (Å²) in [5, 5.41) is 3.30. The van der Waals surface area contributed by atoms with Gasteiger partial charge < -0.3 is 19.4 Å². The highest BCUT2D eigenvalue weighted by molar-refractivity contribution is 5.95. The topological polar surface area (TPSA) is 92.1 Å². The van der Waals surface area contributed by atoms with Gasteiger partial charge in [-0.05, 0) is 50.9 Å². The first-order chi connectivity index (χ1) is 13.4. The van der Waals surface area contributed by atoms with Crippen LogP contribution in [0.15, 0.2) is 15.3 Å². The molecule has 152 valence electrons. The smallest absolute Gasteiger partial charge is 0.410 e. The summed E-state index contributed by atoms with van der Waals surface area (Å²) >= 11 is 0. The number of hydrogen-bond donors (Lipinski definition) is 1. The van der Waals surface area contributed by atoms with Crippen molar-refractivity contribution in [3.05, 3.63) is 33.4 Å². The Morgan fingerprint density at radius 1 is 1.29 bits per heavy atom. The third kappa shape index (κ3) is 3.09. The highest BCUT2D eigenvalue weighted by Gasteiger charge is 2.50. The monoisotopic (exact) mass is 389 g/mol. The van der Waals surface area contributed by atoms with Gasteiger partial charge in [0.15, 0.2) is 0 Å². The van der Waals surface area contributed by atoms with E-state index >= 15 is 0 Å². The maximum absolute atomic E-state index is 13.2. The van der Waals surface area contributed by atoms with Crippen LogP contribution in [-0.2, 0) is 4.74 Å². The molecule has 1 N–H and O–H groups in total. The molecule has 2 amide bonds. The van der Waals surface area contributed by atoms with E-state index in [-0.39, 0.29) is 30.1 Å². The molecule has 4 rings (SSSR count). The number of rotatable bonds is 3. The largest absolute Gasteiger partial charge is 0.447 e. The van der Waals surface area contributed by atoms with Gasteiger partial charge in [0.05, 0.1) is 5.54 Å². The molecule has 3 aliphatic rings. The van der Waals surface area contributed by atoms with Gasteiger partial charge in [-0.3, -0.25) is 9.69 Å². The van der Waals surface area contributed by atoms with E-state index in [4.69, 9.17) is 9.15 Å². The third-order valence-electron chi connectivity index (χ3n) is 6.40. The van der Waals surface area contributed by atoms with E-state index in [0.717, 1.165) is 25.9 Å². The van der Waals surface area contributed by atoms with Crippen molar-refractivity contribution in [2.45, 2.75) is 44.6 Å². The standard InChI is InChI=1S/C20H27N3O5/c1-3-20-11-22(8-9-23(20)19(26)27-12-20)17(24)16-13(2)10-15(28-18(16)25)14-4-6-21-7-5-14/h10,14,21H,3-9,11-12H2,1-2H3. The van der Waals surface area contributed by atoms with Crippen LogP contribution in [0.3, 0.4) is 0 Å². The maximum Gasteiger partial charge on any atom is 0.410 e. The highest BCUT2D eigenvalue weighted by Crippen LogP contribution is 2.32. The molecule has 1 unspecified atom stereocenters. The summed E-state index contributed by atoms with van der Waals surface area (Å²) in [4.78, 5) is 41.2. The van der Waals surface area contributed by atoms with E-state index in [9.17, 15) is 14.4 Å². The van der Waals surface area contributed by atoms with Gasteiger partial charge in [-0.15, -0.1) is 0 Å². The van der Waals surface area contributed by atoms with Crippen LogP contribution in [0.2, 0.25) is 0 Å². The van der Waals surface area contributed by atoms with E-state index in [1.165, 1.54) is 0 Å². The molecule has 8 nitrogen and oxygen atoms in total. The third-order valence-corrected chi connectivity index (χ3v) is 6.40. The van der Waals surface area contributed by atoms with Gasteiger partial charge in [0, 0.05) is 25.6 Å². The second-order valence-electron chi connectivity index (χ2n) is 8.03. The average molecular weight is 389 g/mol. The lowest BCUT2D eigenvalue weighted by molar-refractivity contribution is 0.0357. The first-order valence-electron chi connectivity index (χ1n) is 10.0. The Labute approximate surface area is 163 Å². The fourth-order valence-electron chi connectivity index (χ4n) is 4.59. The minimum Gasteiger partial charge on any atom is -0.447 e. The van der Waals surface area contributed by atoms with Crippen molar-refractivity contribution in [3.63, 3.8) is 0 Å².